The Labute approximate surface area is 119 Å². The lowest BCUT2D eigenvalue weighted by molar-refractivity contribution is -0.138. The predicted octanol–water partition coefficient (Wildman–Crippen LogP) is 1.98. The van der Waals surface area contributed by atoms with Crippen molar-refractivity contribution in [3.8, 4) is 0 Å². The average Bonchev–Trinajstić information content (AvgIpc) is 2.34. The number of amides is 2. The number of hydrogen-bond donors (Lipinski definition) is 3. The molecule has 1 atom stereocenters. The number of carboxylic acids is 1. The zero-order valence-electron chi connectivity index (χ0n) is 12.0. The lowest BCUT2D eigenvalue weighted by Gasteiger charge is -2.56. The predicted molar refractivity (Wildman–Crippen MR) is 74.2 cm³/mol. The molecular weight excluding hydrogens is 256 g/mol. The Morgan fingerprint density at radius 3 is 2.10 bits per heavy atom. The van der Waals surface area contributed by atoms with Gasteiger partial charge in [0.15, 0.2) is 0 Å². The molecule has 0 aromatic rings. The SMILES string of the molecule is CC(NC(=O)NCC12CC3CC(CC(C3)C1)C2)C(=O)O. The molecular formula is C15H24N2O3. The fourth-order valence-corrected chi connectivity index (χ4v) is 5.08. The molecule has 0 aliphatic heterocycles. The molecule has 5 heteroatoms. The van der Waals surface area contributed by atoms with Gasteiger partial charge in [-0.15, -0.1) is 0 Å². The third kappa shape index (κ3) is 2.63. The first-order chi connectivity index (χ1) is 9.46. The molecule has 0 radical (unpaired) electrons. The van der Waals surface area contributed by atoms with Gasteiger partial charge in [-0.05, 0) is 68.6 Å². The summed E-state index contributed by atoms with van der Waals surface area (Å²) in [5, 5.41) is 14.2. The molecule has 4 rings (SSSR count). The Bertz CT molecular complexity index is 386. The van der Waals surface area contributed by atoms with Crippen molar-refractivity contribution >= 4 is 12.0 Å². The van der Waals surface area contributed by atoms with E-state index in [1.54, 1.807) is 0 Å². The lowest BCUT2D eigenvalue weighted by atomic mass is 9.49. The average molecular weight is 280 g/mol. The van der Waals surface area contributed by atoms with Crippen LogP contribution in [0.3, 0.4) is 0 Å². The molecule has 5 nitrogen and oxygen atoms in total. The first kappa shape index (κ1) is 13.7. The summed E-state index contributed by atoms with van der Waals surface area (Å²) in [6.07, 6.45) is 7.90. The first-order valence-corrected chi connectivity index (χ1v) is 7.73. The largest absolute Gasteiger partial charge is 0.480 e. The van der Waals surface area contributed by atoms with Crippen LogP contribution in [0, 0.1) is 23.2 Å². The van der Waals surface area contributed by atoms with Crippen molar-refractivity contribution in [1.82, 2.24) is 10.6 Å². The van der Waals surface area contributed by atoms with Crippen molar-refractivity contribution < 1.29 is 14.7 Å². The van der Waals surface area contributed by atoms with Crippen molar-refractivity contribution in [2.75, 3.05) is 6.54 Å². The van der Waals surface area contributed by atoms with Gasteiger partial charge in [-0.2, -0.15) is 0 Å². The van der Waals surface area contributed by atoms with Gasteiger partial charge in [0.2, 0.25) is 0 Å². The van der Waals surface area contributed by atoms with E-state index in [1.807, 2.05) is 0 Å². The second kappa shape index (κ2) is 4.93. The summed E-state index contributed by atoms with van der Waals surface area (Å²) in [4.78, 5) is 22.5. The Morgan fingerprint density at radius 2 is 1.65 bits per heavy atom. The fraction of sp³-hybridized carbons (Fsp3) is 0.867. The van der Waals surface area contributed by atoms with Crippen molar-refractivity contribution in [1.29, 1.82) is 0 Å². The standard InChI is InChI=1S/C15H24N2O3/c1-9(13(18)19)17-14(20)16-8-15-5-10-2-11(6-15)4-12(3-10)7-15/h9-12H,2-8H2,1H3,(H,18,19)(H2,16,17,20). The summed E-state index contributed by atoms with van der Waals surface area (Å²) < 4.78 is 0. The fourth-order valence-electron chi connectivity index (χ4n) is 5.08. The van der Waals surface area contributed by atoms with Crippen LogP contribution in [-0.2, 0) is 4.79 Å². The minimum absolute atomic E-state index is 0.290. The molecule has 0 saturated heterocycles. The third-order valence-electron chi connectivity index (χ3n) is 5.51. The Morgan fingerprint density at radius 1 is 1.15 bits per heavy atom. The summed E-state index contributed by atoms with van der Waals surface area (Å²) in [6, 6.07) is -1.19. The number of hydrogen-bond acceptors (Lipinski definition) is 2. The summed E-state index contributed by atoms with van der Waals surface area (Å²) in [5.41, 5.74) is 0.290. The molecule has 4 bridgehead atoms. The third-order valence-corrected chi connectivity index (χ3v) is 5.51. The Hall–Kier alpha value is -1.26. The minimum Gasteiger partial charge on any atom is -0.480 e. The van der Waals surface area contributed by atoms with Gasteiger partial charge in [-0.25, -0.2) is 4.79 Å². The highest BCUT2D eigenvalue weighted by Gasteiger charge is 2.50. The van der Waals surface area contributed by atoms with Gasteiger partial charge >= 0.3 is 12.0 Å². The van der Waals surface area contributed by atoms with E-state index in [-0.39, 0.29) is 6.03 Å². The number of carboxylic acid groups (broad SMARTS) is 1. The van der Waals surface area contributed by atoms with Crippen molar-refractivity contribution in [2.45, 2.75) is 51.5 Å². The van der Waals surface area contributed by atoms with Crippen LogP contribution >= 0.6 is 0 Å². The lowest BCUT2D eigenvalue weighted by Crippen LogP contribution is -2.53. The van der Waals surface area contributed by atoms with E-state index in [0.717, 1.165) is 17.8 Å². The molecule has 0 aromatic carbocycles. The van der Waals surface area contributed by atoms with E-state index < -0.39 is 12.0 Å². The van der Waals surface area contributed by atoms with Gasteiger partial charge in [0.25, 0.3) is 0 Å². The summed E-state index contributed by atoms with van der Waals surface area (Å²) >= 11 is 0. The first-order valence-electron chi connectivity index (χ1n) is 7.73. The molecule has 4 fully saturated rings. The Kier molecular flexibility index (Phi) is 3.38. The van der Waals surface area contributed by atoms with Crippen molar-refractivity contribution in [2.24, 2.45) is 23.2 Å². The van der Waals surface area contributed by atoms with E-state index in [9.17, 15) is 9.59 Å². The zero-order chi connectivity index (χ0) is 14.3. The number of carbonyl (C=O) groups is 2. The van der Waals surface area contributed by atoms with E-state index in [0.29, 0.717) is 12.0 Å². The van der Waals surface area contributed by atoms with Gasteiger partial charge < -0.3 is 15.7 Å². The summed E-state index contributed by atoms with van der Waals surface area (Å²) in [5.74, 6) is 1.59. The van der Waals surface area contributed by atoms with Crippen LogP contribution in [0.2, 0.25) is 0 Å². The number of carbonyl (C=O) groups excluding carboxylic acids is 1. The van der Waals surface area contributed by atoms with Gasteiger partial charge in [-0.3, -0.25) is 4.79 Å². The van der Waals surface area contributed by atoms with Crippen molar-refractivity contribution in [3.63, 3.8) is 0 Å². The Balaban J connectivity index is 1.53. The van der Waals surface area contributed by atoms with Crippen LogP contribution in [0.25, 0.3) is 0 Å². The maximum Gasteiger partial charge on any atom is 0.325 e. The second-order valence-electron chi connectivity index (χ2n) is 7.30. The van der Waals surface area contributed by atoms with E-state index in [2.05, 4.69) is 10.6 Å². The second-order valence-corrected chi connectivity index (χ2v) is 7.30. The highest BCUT2D eigenvalue weighted by atomic mass is 16.4. The van der Waals surface area contributed by atoms with Crippen LogP contribution in [0.5, 0.6) is 0 Å². The van der Waals surface area contributed by atoms with Crippen LogP contribution in [0.4, 0.5) is 4.79 Å². The number of rotatable bonds is 4. The topological polar surface area (TPSA) is 78.4 Å². The zero-order valence-corrected chi connectivity index (χ0v) is 12.0. The quantitative estimate of drug-likeness (QED) is 0.736. The van der Waals surface area contributed by atoms with E-state index >= 15 is 0 Å². The van der Waals surface area contributed by atoms with Crippen LogP contribution < -0.4 is 10.6 Å². The van der Waals surface area contributed by atoms with E-state index in [4.69, 9.17) is 5.11 Å². The molecule has 20 heavy (non-hydrogen) atoms. The van der Waals surface area contributed by atoms with Gasteiger partial charge in [0.1, 0.15) is 6.04 Å². The maximum atomic E-state index is 11.8. The molecule has 3 N–H and O–H groups in total. The molecule has 0 aromatic heterocycles. The molecule has 0 spiro atoms. The van der Waals surface area contributed by atoms with Gasteiger partial charge in [0, 0.05) is 6.54 Å². The monoisotopic (exact) mass is 280 g/mol. The van der Waals surface area contributed by atoms with Crippen LogP contribution in [0.1, 0.15) is 45.4 Å². The molecule has 2 amide bonds. The molecule has 4 aliphatic carbocycles. The highest BCUT2D eigenvalue weighted by Crippen LogP contribution is 2.59. The molecule has 112 valence electrons. The number of aliphatic carboxylic acids is 1. The van der Waals surface area contributed by atoms with Gasteiger partial charge in [0.05, 0.1) is 0 Å². The van der Waals surface area contributed by atoms with E-state index in [1.165, 1.54) is 45.4 Å². The number of urea groups is 1. The smallest absolute Gasteiger partial charge is 0.325 e. The maximum absolute atomic E-state index is 11.8. The van der Waals surface area contributed by atoms with Gasteiger partial charge in [-0.1, -0.05) is 0 Å². The molecule has 4 aliphatic rings. The normalized spacial score (nSPS) is 39.4. The molecule has 0 heterocycles. The molecule has 4 saturated carbocycles. The van der Waals surface area contributed by atoms with Crippen LogP contribution in [0.15, 0.2) is 0 Å². The molecule has 1 unspecified atom stereocenters. The minimum atomic E-state index is -1.00. The number of nitrogens with one attached hydrogen (secondary N) is 2. The summed E-state index contributed by atoms with van der Waals surface area (Å²) in [7, 11) is 0. The van der Waals surface area contributed by atoms with Crippen LogP contribution in [-0.4, -0.2) is 29.7 Å². The van der Waals surface area contributed by atoms with Crippen molar-refractivity contribution in [3.05, 3.63) is 0 Å². The highest BCUT2D eigenvalue weighted by molar-refractivity contribution is 5.82. The summed E-state index contributed by atoms with van der Waals surface area (Å²) in [6.45, 7) is 2.18.